The fourth-order valence-corrected chi connectivity index (χ4v) is 2.65. The molecule has 24 heavy (non-hydrogen) atoms. The molecule has 0 radical (unpaired) electrons. The number of benzene rings is 1. The zero-order valence-corrected chi connectivity index (χ0v) is 16.3. The van der Waals surface area contributed by atoms with Gasteiger partial charge in [-0.15, -0.1) is 24.8 Å². The maximum Gasteiger partial charge on any atom is 0.220 e. The first-order valence-electron chi connectivity index (χ1n) is 7.92. The Balaban J connectivity index is 0.00000264. The predicted molar refractivity (Wildman–Crippen MR) is 104 cm³/mol. The summed E-state index contributed by atoms with van der Waals surface area (Å²) in [4.78, 5) is 16.7. The Morgan fingerprint density at radius 1 is 1.21 bits per heavy atom. The van der Waals surface area contributed by atoms with E-state index >= 15 is 0 Å². The van der Waals surface area contributed by atoms with E-state index in [1.807, 2.05) is 32.0 Å². The lowest BCUT2D eigenvalue weighted by atomic mass is 10.2. The highest BCUT2D eigenvalue weighted by Gasteiger charge is 2.19. The number of carbonyl (C=O) groups excluding carboxylic acids is 1. The largest absolute Gasteiger partial charge is 0.346 e. The Kier molecular flexibility index (Phi) is 9.33. The van der Waals surface area contributed by atoms with Gasteiger partial charge in [-0.1, -0.05) is 12.1 Å². The molecule has 1 aromatic carbocycles. The van der Waals surface area contributed by atoms with Gasteiger partial charge in [0.1, 0.15) is 5.82 Å². The van der Waals surface area contributed by atoms with E-state index in [-0.39, 0.29) is 48.8 Å². The number of halogens is 2. The molecule has 0 aliphatic carbocycles. The number of imidazole rings is 1. The van der Waals surface area contributed by atoms with Crippen LogP contribution in [0.4, 0.5) is 0 Å². The summed E-state index contributed by atoms with van der Waals surface area (Å²) in [5.74, 6) is 0.914. The van der Waals surface area contributed by atoms with Gasteiger partial charge in [-0.3, -0.25) is 4.79 Å². The third-order valence-electron chi connectivity index (χ3n) is 3.73. The van der Waals surface area contributed by atoms with Crippen LogP contribution in [0.15, 0.2) is 24.3 Å². The molecule has 1 heterocycles. The van der Waals surface area contributed by atoms with Crippen LogP contribution in [-0.4, -0.2) is 21.5 Å². The van der Waals surface area contributed by atoms with Crippen LogP contribution in [-0.2, 0) is 4.79 Å². The highest BCUT2D eigenvalue weighted by Crippen LogP contribution is 2.24. The van der Waals surface area contributed by atoms with Crippen LogP contribution in [0.1, 0.15) is 58.4 Å². The van der Waals surface area contributed by atoms with E-state index in [0.29, 0.717) is 12.8 Å². The molecule has 2 aromatic rings. The van der Waals surface area contributed by atoms with Crippen molar-refractivity contribution in [1.29, 1.82) is 0 Å². The number of hydrogen-bond acceptors (Lipinski definition) is 3. The van der Waals surface area contributed by atoms with Gasteiger partial charge in [0.25, 0.3) is 0 Å². The molecular formula is C17H28Cl2N4O. The van der Waals surface area contributed by atoms with E-state index in [1.165, 1.54) is 0 Å². The van der Waals surface area contributed by atoms with Gasteiger partial charge in [0.15, 0.2) is 0 Å². The predicted octanol–water partition coefficient (Wildman–Crippen LogP) is 3.77. The second-order valence-electron chi connectivity index (χ2n) is 6.23. The van der Waals surface area contributed by atoms with Crippen molar-refractivity contribution in [2.45, 2.75) is 58.7 Å². The molecule has 0 saturated heterocycles. The zero-order valence-electron chi connectivity index (χ0n) is 14.7. The van der Waals surface area contributed by atoms with Crippen molar-refractivity contribution in [3.63, 3.8) is 0 Å². The molecule has 3 N–H and O–H groups in total. The van der Waals surface area contributed by atoms with Gasteiger partial charge in [0, 0.05) is 18.5 Å². The number of rotatable bonds is 6. The second kappa shape index (κ2) is 9.87. The monoisotopic (exact) mass is 374 g/mol. The van der Waals surface area contributed by atoms with Crippen LogP contribution >= 0.6 is 24.8 Å². The fraction of sp³-hybridized carbons (Fsp3) is 0.529. The number of para-hydroxylation sites is 2. The maximum atomic E-state index is 12.0. The van der Waals surface area contributed by atoms with Gasteiger partial charge < -0.3 is 15.6 Å². The molecule has 1 aromatic heterocycles. The molecule has 7 heteroatoms. The van der Waals surface area contributed by atoms with Crippen molar-refractivity contribution in [2.24, 2.45) is 5.73 Å². The minimum atomic E-state index is -0.129. The van der Waals surface area contributed by atoms with E-state index in [0.717, 1.165) is 16.9 Å². The second-order valence-corrected chi connectivity index (χ2v) is 6.23. The van der Waals surface area contributed by atoms with Crippen molar-refractivity contribution < 1.29 is 4.79 Å². The number of hydrogen-bond donors (Lipinski definition) is 2. The molecular weight excluding hydrogens is 347 g/mol. The fourth-order valence-electron chi connectivity index (χ4n) is 2.65. The molecule has 0 saturated carbocycles. The Hall–Kier alpha value is -1.30. The number of fused-ring (bicyclic) bond motifs is 1. The first kappa shape index (κ1) is 22.7. The molecule has 136 valence electrons. The average molecular weight is 375 g/mol. The molecule has 2 rings (SSSR count). The summed E-state index contributed by atoms with van der Waals surface area (Å²) in [5.41, 5.74) is 7.76. The molecule has 2 atom stereocenters. The highest BCUT2D eigenvalue weighted by molar-refractivity contribution is 5.85. The van der Waals surface area contributed by atoms with Gasteiger partial charge >= 0.3 is 0 Å². The molecule has 0 aliphatic rings. The summed E-state index contributed by atoms with van der Waals surface area (Å²) in [6.07, 6.45) is 1.14. The standard InChI is InChI=1S/C17H26N4O.2ClH/c1-11(2)21-15-8-6-5-7-14(15)20-17(21)13(4)19-16(22)10-9-12(3)18;;/h5-8,11-13H,9-10,18H2,1-4H3,(H,19,22);2*1H. The van der Waals surface area contributed by atoms with Crippen molar-refractivity contribution >= 4 is 41.8 Å². The summed E-state index contributed by atoms with van der Waals surface area (Å²) >= 11 is 0. The normalized spacial score (nSPS) is 13.1. The number of nitrogens with zero attached hydrogens (tertiary/aromatic N) is 2. The SMILES string of the molecule is CC(N)CCC(=O)NC(C)c1nc2ccccc2n1C(C)C.Cl.Cl. The van der Waals surface area contributed by atoms with Crippen LogP contribution in [0.5, 0.6) is 0 Å². The molecule has 0 fully saturated rings. The smallest absolute Gasteiger partial charge is 0.220 e. The van der Waals surface area contributed by atoms with E-state index < -0.39 is 0 Å². The third-order valence-corrected chi connectivity index (χ3v) is 3.73. The molecule has 0 bridgehead atoms. The minimum absolute atomic E-state index is 0. The summed E-state index contributed by atoms with van der Waals surface area (Å²) in [5, 5.41) is 3.03. The number of nitrogens with one attached hydrogen (secondary N) is 1. The number of nitrogens with two attached hydrogens (primary N) is 1. The average Bonchev–Trinajstić information content (AvgIpc) is 2.84. The quantitative estimate of drug-likeness (QED) is 0.807. The third kappa shape index (κ3) is 5.36. The lowest BCUT2D eigenvalue weighted by Crippen LogP contribution is -2.30. The van der Waals surface area contributed by atoms with E-state index in [1.54, 1.807) is 0 Å². The van der Waals surface area contributed by atoms with E-state index in [2.05, 4.69) is 29.8 Å². The highest BCUT2D eigenvalue weighted by atomic mass is 35.5. The molecule has 0 aliphatic heterocycles. The van der Waals surface area contributed by atoms with Crippen molar-refractivity contribution in [3.05, 3.63) is 30.1 Å². The summed E-state index contributed by atoms with van der Waals surface area (Å²) in [6, 6.07) is 8.26. The Bertz CT molecular complexity index is 655. The molecule has 1 amide bonds. The first-order valence-corrected chi connectivity index (χ1v) is 7.92. The zero-order chi connectivity index (χ0) is 16.3. The van der Waals surface area contributed by atoms with Crippen molar-refractivity contribution in [2.75, 3.05) is 0 Å². The summed E-state index contributed by atoms with van der Waals surface area (Å²) in [6.45, 7) is 8.14. The first-order chi connectivity index (χ1) is 10.4. The van der Waals surface area contributed by atoms with Crippen molar-refractivity contribution in [3.8, 4) is 0 Å². The van der Waals surface area contributed by atoms with Gasteiger partial charge in [0.2, 0.25) is 5.91 Å². The maximum absolute atomic E-state index is 12.0. The Morgan fingerprint density at radius 3 is 2.42 bits per heavy atom. The number of amides is 1. The van der Waals surface area contributed by atoms with Gasteiger partial charge in [-0.25, -0.2) is 4.98 Å². The minimum Gasteiger partial charge on any atom is -0.346 e. The molecule has 5 nitrogen and oxygen atoms in total. The van der Waals surface area contributed by atoms with Gasteiger partial charge in [-0.2, -0.15) is 0 Å². The summed E-state index contributed by atoms with van der Waals surface area (Å²) in [7, 11) is 0. The van der Waals surface area contributed by atoms with E-state index in [9.17, 15) is 4.79 Å². The topological polar surface area (TPSA) is 72.9 Å². The van der Waals surface area contributed by atoms with Crippen LogP contribution in [0.25, 0.3) is 11.0 Å². The van der Waals surface area contributed by atoms with Crippen LogP contribution in [0, 0.1) is 0 Å². The van der Waals surface area contributed by atoms with Gasteiger partial charge in [0.05, 0.1) is 17.1 Å². The molecule has 0 spiro atoms. The van der Waals surface area contributed by atoms with Crippen LogP contribution in [0.3, 0.4) is 0 Å². The Labute approximate surface area is 156 Å². The Morgan fingerprint density at radius 2 is 1.83 bits per heavy atom. The van der Waals surface area contributed by atoms with E-state index in [4.69, 9.17) is 10.7 Å². The number of carbonyl (C=O) groups is 1. The lowest BCUT2D eigenvalue weighted by molar-refractivity contribution is -0.122. The van der Waals surface area contributed by atoms with Crippen LogP contribution in [0.2, 0.25) is 0 Å². The molecule has 2 unspecified atom stereocenters. The summed E-state index contributed by atoms with van der Waals surface area (Å²) < 4.78 is 2.19. The van der Waals surface area contributed by atoms with Crippen LogP contribution < -0.4 is 11.1 Å². The number of aromatic nitrogens is 2. The lowest BCUT2D eigenvalue weighted by Gasteiger charge is -2.19. The van der Waals surface area contributed by atoms with Gasteiger partial charge in [-0.05, 0) is 46.2 Å². The van der Waals surface area contributed by atoms with Crippen molar-refractivity contribution in [1.82, 2.24) is 14.9 Å².